The van der Waals surface area contributed by atoms with Crippen molar-refractivity contribution < 1.29 is 9.53 Å². The van der Waals surface area contributed by atoms with Crippen LogP contribution in [0, 0.1) is 0 Å². The lowest BCUT2D eigenvalue weighted by Crippen LogP contribution is -2.26. The van der Waals surface area contributed by atoms with Crippen LogP contribution in [0.2, 0.25) is 0 Å². The summed E-state index contributed by atoms with van der Waals surface area (Å²) < 4.78 is 5.12. The van der Waals surface area contributed by atoms with Gasteiger partial charge in [0.2, 0.25) is 0 Å². The van der Waals surface area contributed by atoms with Crippen molar-refractivity contribution in [3.05, 3.63) is 47.5 Å². The van der Waals surface area contributed by atoms with Gasteiger partial charge >= 0.3 is 5.97 Å². The van der Waals surface area contributed by atoms with Crippen LogP contribution in [-0.2, 0) is 16.1 Å². The number of carbonyl (C=O) groups excluding carboxylic acids is 1. The molecule has 16 heavy (non-hydrogen) atoms. The summed E-state index contributed by atoms with van der Waals surface area (Å²) in [5, 5.41) is 3.26. The van der Waals surface area contributed by atoms with Crippen LogP contribution in [0.1, 0.15) is 12.5 Å². The van der Waals surface area contributed by atoms with Gasteiger partial charge in [0.05, 0.1) is 0 Å². The van der Waals surface area contributed by atoms with Crippen LogP contribution in [-0.4, -0.2) is 18.6 Å². The second-order valence-electron chi connectivity index (χ2n) is 3.91. The molecule has 0 bridgehead atoms. The second kappa shape index (κ2) is 4.94. The van der Waals surface area contributed by atoms with Crippen molar-refractivity contribution in [3.63, 3.8) is 0 Å². The Bertz CT molecular complexity index is 398. The third kappa shape index (κ3) is 2.70. The van der Waals surface area contributed by atoms with Crippen LogP contribution in [0.25, 0.3) is 0 Å². The van der Waals surface area contributed by atoms with Gasteiger partial charge < -0.3 is 10.1 Å². The molecule has 1 unspecified atom stereocenters. The van der Waals surface area contributed by atoms with Crippen molar-refractivity contribution in [2.45, 2.75) is 19.6 Å². The maximum Gasteiger partial charge on any atom is 0.334 e. The first kappa shape index (κ1) is 10.9. The number of carbonyl (C=O) groups is 1. The van der Waals surface area contributed by atoms with E-state index in [1.54, 1.807) is 6.92 Å². The van der Waals surface area contributed by atoms with E-state index in [9.17, 15) is 4.79 Å². The first-order valence-corrected chi connectivity index (χ1v) is 5.40. The number of esters is 1. The molecule has 1 aliphatic heterocycles. The molecular formula is C13H15NO2. The number of hydrogen-bond donors (Lipinski definition) is 1. The fourth-order valence-corrected chi connectivity index (χ4v) is 1.67. The van der Waals surface area contributed by atoms with E-state index in [1.807, 2.05) is 24.3 Å². The summed E-state index contributed by atoms with van der Waals surface area (Å²) in [4.78, 5) is 11.1. The van der Waals surface area contributed by atoms with Gasteiger partial charge in [0.15, 0.2) is 0 Å². The zero-order valence-electron chi connectivity index (χ0n) is 9.27. The maximum atomic E-state index is 11.1. The van der Waals surface area contributed by atoms with Gasteiger partial charge in [-0.05, 0) is 18.6 Å². The summed E-state index contributed by atoms with van der Waals surface area (Å²) in [6, 6.07) is 10.1. The molecule has 1 atom stereocenters. The number of ether oxygens (including phenoxy) is 1. The van der Waals surface area contributed by atoms with E-state index in [-0.39, 0.29) is 12.1 Å². The highest BCUT2D eigenvalue weighted by molar-refractivity contribution is 5.90. The predicted octanol–water partition coefficient (Wildman–Crippen LogP) is 1.65. The molecule has 0 aromatic heterocycles. The highest BCUT2D eigenvalue weighted by Gasteiger charge is 2.21. The predicted molar refractivity (Wildman–Crippen MR) is 61.8 cm³/mol. The molecule has 1 heterocycles. The summed E-state index contributed by atoms with van der Waals surface area (Å²) >= 11 is 0. The Kier molecular flexibility index (Phi) is 3.37. The normalized spacial score (nSPS) is 19.4. The minimum absolute atomic E-state index is 0.115. The fraction of sp³-hybridized carbons (Fsp3) is 0.308. The molecule has 1 N–H and O–H groups in total. The SMILES string of the molecule is CC1=CC(CNCc2ccccc2)OC1=O. The monoisotopic (exact) mass is 217 g/mol. The average molecular weight is 217 g/mol. The molecule has 0 aliphatic carbocycles. The number of cyclic esters (lactones) is 1. The van der Waals surface area contributed by atoms with E-state index in [1.165, 1.54) is 5.56 Å². The van der Waals surface area contributed by atoms with Crippen molar-refractivity contribution in [3.8, 4) is 0 Å². The molecular weight excluding hydrogens is 202 g/mol. The number of nitrogens with one attached hydrogen (secondary N) is 1. The number of benzene rings is 1. The minimum atomic E-state index is -0.202. The topological polar surface area (TPSA) is 38.3 Å². The molecule has 0 fully saturated rings. The zero-order chi connectivity index (χ0) is 11.4. The maximum absolute atomic E-state index is 11.1. The summed E-state index contributed by atoms with van der Waals surface area (Å²) in [6.45, 7) is 3.24. The van der Waals surface area contributed by atoms with Crippen LogP contribution in [0.5, 0.6) is 0 Å². The van der Waals surface area contributed by atoms with Crippen molar-refractivity contribution >= 4 is 5.97 Å². The Balaban J connectivity index is 1.76. The van der Waals surface area contributed by atoms with Gasteiger partial charge in [-0.25, -0.2) is 4.79 Å². The van der Waals surface area contributed by atoms with Gasteiger partial charge in [-0.15, -0.1) is 0 Å². The Morgan fingerprint density at radius 2 is 2.06 bits per heavy atom. The molecule has 3 heteroatoms. The smallest absolute Gasteiger partial charge is 0.334 e. The lowest BCUT2D eigenvalue weighted by molar-refractivity contribution is -0.139. The summed E-state index contributed by atoms with van der Waals surface area (Å²) in [6.07, 6.45) is 1.75. The minimum Gasteiger partial charge on any atom is -0.453 e. The summed E-state index contributed by atoms with van der Waals surface area (Å²) in [7, 11) is 0. The van der Waals surface area contributed by atoms with Gasteiger partial charge in [0, 0.05) is 18.7 Å². The molecule has 0 saturated heterocycles. The molecule has 0 amide bonds. The van der Waals surface area contributed by atoms with Gasteiger partial charge in [-0.2, -0.15) is 0 Å². The van der Waals surface area contributed by atoms with Crippen molar-refractivity contribution in [1.82, 2.24) is 5.32 Å². The zero-order valence-corrected chi connectivity index (χ0v) is 9.27. The van der Waals surface area contributed by atoms with Gasteiger partial charge in [0.25, 0.3) is 0 Å². The summed E-state index contributed by atoms with van der Waals surface area (Å²) in [5.74, 6) is -0.202. The lowest BCUT2D eigenvalue weighted by Gasteiger charge is -2.09. The quantitative estimate of drug-likeness (QED) is 0.779. The second-order valence-corrected chi connectivity index (χ2v) is 3.91. The Hall–Kier alpha value is -1.61. The van der Waals surface area contributed by atoms with Crippen LogP contribution < -0.4 is 5.32 Å². The molecule has 3 nitrogen and oxygen atoms in total. The van der Waals surface area contributed by atoms with Gasteiger partial charge in [-0.3, -0.25) is 0 Å². The highest BCUT2D eigenvalue weighted by atomic mass is 16.5. The van der Waals surface area contributed by atoms with E-state index in [2.05, 4.69) is 17.4 Å². The first-order valence-electron chi connectivity index (χ1n) is 5.40. The van der Waals surface area contributed by atoms with E-state index in [0.717, 1.165) is 6.54 Å². The lowest BCUT2D eigenvalue weighted by atomic mass is 10.2. The van der Waals surface area contributed by atoms with Crippen molar-refractivity contribution in [2.24, 2.45) is 0 Å². The highest BCUT2D eigenvalue weighted by Crippen LogP contribution is 2.11. The third-order valence-corrected chi connectivity index (χ3v) is 2.53. The van der Waals surface area contributed by atoms with Gasteiger partial charge in [-0.1, -0.05) is 30.3 Å². The molecule has 84 valence electrons. The number of hydrogen-bond acceptors (Lipinski definition) is 3. The Morgan fingerprint density at radius 3 is 2.69 bits per heavy atom. The largest absolute Gasteiger partial charge is 0.453 e. The average Bonchev–Trinajstić information content (AvgIpc) is 2.60. The van der Waals surface area contributed by atoms with Crippen LogP contribution in [0.3, 0.4) is 0 Å². The molecule has 1 aliphatic rings. The van der Waals surface area contributed by atoms with Crippen LogP contribution >= 0.6 is 0 Å². The van der Waals surface area contributed by atoms with Crippen molar-refractivity contribution in [2.75, 3.05) is 6.54 Å². The van der Waals surface area contributed by atoms with E-state index in [4.69, 9.17) is 4.74 Å². The summed E-state index contributed by atoms with van der Waals surface area (Å²) in [5.41, 5.74) is 1.93. The van der Waals surface area contributed by atoms with Gasteiger partial charge in [0.1, 0.15) is 6.10 Å². The van der Waals surface area contributed by atoms with E-state index in [0.29, 0.717) is 12.1 Å². The van der Waals surface area contributed by atoms with E-state index >= 15 is 0 Å². The molecule has 1 aromatic carbocycles. The number of rotatable bonds is 4. The van der Waals surface area contributed by atoms with Crippen LogP contribution in [0.15, 0.2) is 42.0 Å². The Morgan fingerprint density at radius 1 is 1.31 bits per heavy atom. The molecule has 0 spiro atoms. The fourth-order valence-electron chi connectivity index (χ4n) is 1.67. The van der Waals surface area contributed by atoms with Crippen molar-refractivity contribution in [1.29, 1.82) is 0 Å². The molecule has 1 aromatic rings. The van der Waals surface area contributed by atoms with E-state index < -0.39 is 0 Å². The molecule has 0 radical (unpaired) electrons. The molecule has 2 rings (SSSR count). The Labute approximate surface area is 95.1 Å². The third-order valence-electron chi connectivity index (χ3n) is 2.53. The molecule has 0 saturated carbocycles. The van der Waals surface area contributed by atoms with Crippen LogP contribution in [0.4, 0.5) is 0 Å². The first-order chi connectivity index (χ1) is 7.75. The standard InChI is InChI=1S/C13H15NO2/c1-10-7-12(16-13(10)15)9-14-8-11-5-3-2-4-6-11/h2-7,12,14H,8-9H2,1H3.